The van der Waals surface area contributed by atoms with Gasteiger partial charge in [-0.15, -0.1) is 0 Å². The summed E-state index contributed by atoms with van der Waals surface area (Å²) in [4.78, 5) is 0. The standard InChI is InChI=1S/C19H23NO/c1-14-6-5-9-18(15(14)2)19-8-4-3-7-16(19)13-21-17-10-11-20-12-17/h3-9,17,20H,10-13H2,1-2H3. The van der Waals surface area contributed by atoms with Crippen LogP contribution in [0.25, 0.3) is 11.1 Å². The van der Waals surface area contributed by atoms with Crippen molar-refractivity contribution in [2.75, 3.05) is 13.1 Å². The zero-order chi connectivity index (χ0) is 14.7. The number of hydrogen-bond acceptors (Lipinski definition) is 2. The number of nitrogens with one attached hydrogen (secondary N) is 1. The van der Waals surface area contributed by atoms with Crippen LogP contribution in [0.5, 0.6) is 0 Å². The predicted molar refractivity (Wildman–Crippen MR) is 87.4 cm³/mol. The molecular formula is C19H23NO. The van der Waals surface area contributed by atoms with Crippen LogP contribution in [0, 0.1) is 13.8 Å². The van der Waals surface area contributed by atoms with Gasteiger partial charge in [-0.25, -0.2) is 0 Å². The Bertz CT molecular complexity index is 615. The van der Waals surface area contributed by atoms with Crippen LogP contribution in [0.3, 0.4) is 0 Å². The average molecular weight is 281 g/mol. The first-order valence-electron chi connectivity index (χ1n) is 7.72. The second-order valence-electron chi connectivity index (χ2n) is 5.83. The molecule has 21 heavy (non-hydrogen) atoms. The molecule has 110 valence electrons. The van der Waals surface area contributed by atoms with E-state index in [2.05, 4.69) is 61.6 Å². The van der Waals surface area contributed by atoms with E-state index in [1.165, 1.54) is 27.8 Å². The van der Waals surface area contributed by atoms with E-state index in [4.69, 9.17) is 4.74 Å². The molecule has 0 aliphatic carbocycles. The molecule has 1 aliphatic heterocycles. The summed E-state index contributed by atoms with van der Waals surface area (Å²) in [6.45, 7) is 7.11. The number of aryl methyl sites for hydroxylation is 1. The lowest BCUT2D eigenvalue weighted by atomic mass is 9.94. The highest BCUT2D eigenvalue weighted by molar-refractivity contribution is 5.71. The van der Waals surface area contributed by atoms with Crippen molar-refractivity contribution in [2.45, 2.75) is 33.0 Å². The van der Waals surface area contributed by atoms with Gasteiger partial charge in [0.25, 0.3) is 0 Å². The highest BCUT2D eigenvalue weighted by Crippen LogP contribution is 2.29. The summed E-state index contributed by atoms with van der Waals surface area (Å²) in [7, 11) is 0. The quantitative estimate of drug-likeness (QED) is 0.919. The molecule has 2 heteroatoms. The predicted octanol–water partition coefficient (Wildman–Crippen LogP) is 3.85. The van der Waals surface area contributed by atoms with E-state index in [1.54, 1.807) is 0 Å². The molecule has 0 saturated carbocycles. The molecule has 0 amide bonds. The summed E-state index contributed by atoms with van der Waals surface area (Å²) in [5.74, 6) is 0. The molecule has 1 fully saturated rings. The molecule has 1 N–H and O–H groups in total. The van der Waals surface area contributed by atoms with E-state index in [0.717, 1.165) is 19.5 Å². The number of rotatable bonds is 4. The van der Waals surface area contributed by atoms with Crippen molar-refractivity contribution < 1.29 is 4.74 Å². The minimum absolute atomic E-state index is 0.358. The van der Waals surface area contributed by atoms with Crippen molar-refractivity contribution in [3.63, 3.8) is 0 Å². The maximum absolute atomic E-state index is 6.06. The zero-order valence-electron chi connectivity index (χ0n) is 12.9. The Hall–Kier alpha value is -1.64. The van der Waals surface area contributed by atoms with Crippen LogP contribution in [0.1, 0.15) is 23.1 Å². The highest BCUT2D eigenvalue weighted by Gasteiger charge is 2.16. The SMILES string of the molecule is Cc1cccc(-c2ccccc2COC2CCNC2)c1C. The van der Waals surface area contributed by atoms with E-state index in [-0.39, 0.29) is 0 Å². The molecule has 2 nitrogen and oxygen atoms in total. The molecule has 1 unspecified atom stereocenters. The highest BCUT2D eigenvalue weighted by atomic mass is 16.5. The van der Waals surface area contributed by atoms with Crippen LogP contribution < -0.4 is 5.32 Å². The van der Waals surface area contributed by atoms with E-state index in [0.29, 0.717) is 12.7 Å². The van der Waals surface area contributed by atoms with Crippen molar-refractivity contribution in [1.82, 2.24) is 5.32 Å². The van der Waals surface area contributed by atoms with Crippen LogP contribution in [-0.2, 0) is 11.3 Å². The average Bonchev–Trinajstić information content (AvgIpc) is 3.02. The van der Waals surface area contributed by atoms with Gasteiger partial charge in [-0.1, -0.05) is 42.5 Å². The second kappa shape index (κ2) is 6.42. The first-order valence-corrected chi connectivity index (χ1v) is 7.72. The lowest BCUT2D eigenvalue weighted by molar-refractivity contribution is 0.0545. The summed E-state index contributed by atoms with van der Waals surface area (Å²) in [6.07, 6.45) is 1.47. The number of benzene rings is 2. The van der Waals surface area contributed by atoms with Crippen molar-refractivity contribution >= 4 is 0 Å². The molecule has 0 radical (unpaired) electrons. The van der Waals surface area contributed by atoms with E-state index in [1.807, 2.05) is 0 Å². The zero-order valence-corrected chi connectivity index (χ0v) is 12.9. The maximum Gasteiger partial charge on any atom is 0.0727 e. The van der Waals surface area contributed by atoms with Crippen LogP contribution >= 0.6 is 0 Å². The lowest BCUT2D eigenvalue weighted by Gasteiger charge is -2.16. The van der Waals surface area contributed by atoms with E-state index >= 15 is 0 Å². The molecule has 1 saturated heterocycles. The van der Waals surface area contributed by atoms with Crippen molar-refractivity contribution in [3.05, 3.63) is 59.2 Å². The van der Waals surface area contributed by atoms with Gasteiger partial charge in [-0.05, 0) is 54.6 Å². The van der Waals surface area contributed by atoms with Crippen LogP contribution in [0.4, 0.5) is 0 Å². The summed E-state index contributed by atoms with van der Waals surface area (Å²) in [6, 6.07) is 15.1. The lowest BCUT2D eigenvalue weighted by Crippen LogP contribution is -2.16. The first kappa shape index (κ1) is 14.3. The van der Waals surface area contributed by atoms with Crippen molar-refractivity contribution in [2.24, 2.45) is 0 Å². The van der Waals surface area contributed by atoms with E-state index in [9.17, 15) is 0 Å². The van der Waals surface area contributed by atoms with Gasteiger partial charge in [-0.2, -0.15) is 0 Å². The molecule has 3 rings (SSSR count). The maximum atomic E-state index is 6.06. The Kier molecular flexibility index (Phi) is 4.37. The van der Waals surface area contributed by atoms with Crippen molar-refractivity contribution in [1.29, 1.82) is 0 Å². The van der Waals surface area contributed by atoms with Crippen molar-refractivity contribution in [3.8, 4) is 11.1 Å². The number of hydrogen-bond donors (Lipinski definition) is 1. The topological polar surface area (TPSA) is 21.3 Å². The normalized spacial score (nSPS) is 18.1. The Morgan fingerprint density at radius 3 is 2.67 bits per heavy atom. The molecule has 2 aromatic carbocycles. The summed E-state index contributed by atoms with van der Waals surface area (Å²) in [5.41, 5.74) is 6.58. The largest absolute Gasteiger partial charge is 0.372 e. The molecule has 0 bridgehead atoms. The van der Waals surface area contributed by atoms with Gasteiger partial charge >= 0.3 is 0 Å². The third kappa shape index (κ3) is 3.17. The Balaban J connectivity index is 1.86. The fraction of sp³-hybridized carbons (Fsp3) is 0.368. The fourth-order valence-corrected chi connectivity index (χ4v) is 2.93. The molecule has 0 spiro atoms. The monoisotopic (exact) mass is 281 g/mol. The van der Waals surface area contributed by atoms with Crippen LogP contribution in [0.15, 0.2) is 42.5 Å². The Morgan fingerprint density at radius 2 is 1.86 bits per heavy atom. The van der Waals surface area contributed by atoms with Gasteiger partial charge in [0.15, 0.2) is 0 Å². The molecular weight excluding hydrogens is 258 g/mol. The van der Waals surface area contributed by atoms with Crippen LogP contribution in [-0.4, -0.2) is 19.2 Å². The molecule has 1 heterocycles. The van der Waals surface area contributed by atoms with Crippen LogP contribution in [0.2, 0.25) is 0 Å². The van der Waals surface area contributed by atoms with Gasteiger partial charge in [-0.3, -0.25) is 0 Å². The second-order valence-corrected chi connectivity index (χ2v) is 5.83. The third-order valence-corrected chi connectivity index (χ3v) is 4.40. The summed E-state index contributed by atoms with van der Waals surface area (Å²) >= 11 is 0. The smallest absolute Gasteiger partial charge is 0.0727 e. The Labute approximate surface area is 127 Å². The molecule has 2 aromatic rings. The van der Waals surface area contributed by atoms with Gasteiger partial charge in [0.1, 0.15) is 0 Å². The fourth-order valence-electron chi connectivity index (χ4n) is 2.93. The molecule has 1 aliphatic rings. The minimum atomic E-state index is 0.358. The van der Waals surface area contributed by atoms with Gasteiger partial charge in [0.2, 0.25) is 0 Å². The first-order chi connectivity index (χ1) is 10.3. The van der Waals surface area contributed by atoms with Gasteiger partial charge < -0.3 is 10.1 Å². The molecule has 0 aromatic heterocycles. The Morgan fingerprint density at radius 1 is 1.05 bits per heavy atom. The minimum Gasteiger partial charge on any atom is -0.372 e. The van der Waals surface area contributed by atoms with E-state index < -0.39 is 0 Å². The summed E-state index contributed by atoms with van der Waals surface area (Å²) < 4.78 is 6.06. The van der Waals surface area contributed by atoms with Gasteiger partial charge in [0, 0.05) is 6.54 Å². The third-order valence-electron chi connectivity index (χ3n) is 4.40. The van der Waals surface area contributed by atoms with Gasteiger partial charge in [0.05, 0.1) is 12.7 Å². The summed E-state index contributed by atoms with van der Waals surface area (Å²) in [5, 5.41) is 3.35. The number of ether oxygens (including phenoxy) is 1. The molecule has 1 atom stereocenters.